The van der Waals surface area contributed by atoms with Crippen LogP contribution >= 0.6 is 22.9 Å². The van der Waals surface area contributed by atoms with Gasteiger partial charge in [-0.05, 0) is 36.4 Å². The third-order valence-corrected chi connectivity index (χ3v) is 9.27. The normalized spacial score (nSPS) is 19.5. The standard InChI is InChI=1S/C20H24ClN3O3S2/c21-17-4-1-2-5-18(17)22-11-13-23(14-12-22)20(25)16-7-9-24(10-8-16)29(26,27)19-6-3-15-28-19/h1-6,15-16H,7-14H2. The van der Waals surface area contributed by atoms with Crippen molar-refractivity contribution >= 4 is 44.6 Å². The van der Waals surface area contributed by atoms with E-state index in [1.807, 2.05) is 29.2 Å². The lowest BCUT2D eigenvalue weighted by molar-refractivity contribution is -0.137. The molecule has 2 aliphatic rings. The molecule has 2 fully saturated rings. The molecule has 2 saturated heterocycles. The highest BCUT2D eigenvalue weighted by Gasteiger charge is 2.35. The Morgan fingerprint density at radius 1 is 0.966 bits per heavy atom. The summed E-state index contributed by atoms with van der Waals surface area (Å²) in [5.41, 5.74) is 1.01. The molecule has 1 aromatic heterocycles. The Morgan fingerprint density at radius 2 is 1.66 bits per heavy atom. The number of carbonyl (C=O) groups excluding carboxylic acids is 1. The molecule has 6 nitrogen and oxygen atoms in total. The number of anilines is 1. The summed E-state index contributed by atoms with van der Waals surface area (Å²) < 4.78 is 27.2. The van der Waals surface area contributed by atoms with Crippen LogP contribution in [0.5, 0.6) is 0 Å². The third-order valence-electron chi connectivity index (χ3n) is 5.68. The van der Waals surface area contributed by atoms with Gasteiger partial charge in [0.2, 0.25) is 5.91 Å². The summed E-state index contributed by atoms with van der Waals surface area (Å²) >= 11 is 7.52. The molecule has 29 heavy (non-hydrogen) atoms. The number of hydrogen-bond donors (Lipinski definition) is 0. The van der Waals surface area contributed by atoms with E-state index in [1.165, 1.54) is 15.6 Å². The molecule has 0 aliphatic carbocycles. The maximum atomic E-state index is 13.0. The molecular weight excluding hydrogens is 430 g/mol. The number of para-hydroxylation sites is 1. The van der Waals surface area contributed by atoms with Gasteiger partial charge in [0, 0.05) is 45.2 Å². The Hall–Kier alpha value is -1.61. The maximum Gasteiger partial charge on any atom is 0.252 e. The van der Waals surface area contributed by atoms with Crippen LogP contribution in [0, 0.1) is 5.92 Å². The molecule has 0 N–H and O–H groups in total. The lowest BCUT2D eigenvalue weighted by Gasteiger charge is -2.39. The zero-order valence-electron chi connectivity index (χ0n) is 16.0. The van der Waals surface area contributed by atoms with Crippen molar-refractivity contribution in [3.63, 3.8) is 0 Å². The molecule has 0 atom stereocenters. The van der Waals surface area contributed by atoms with Crippen molar-refractivity contribution in [1.82, 2.24) is 9.21 Å². The van der Waals surface area contributed by atoms with Crippen molar-refractivity contribution in [2.24, 2.45) is 5.92 Å². The number of nitrogens with zero attached hydrogens (tertiary/aromatic N) is 3. The van der Waals surface area contributed by atoms with E-state index in [9.17, 15) is 13.2 Å². The number of benzene rings is 1. The van der Waals surface area contributed by atoms with Gasteiger partial charge in [0.25, 0.3) is 10.0 Å². The summed E-state index contributed by atoms with van der Waals surface area (Å²) in [6.07, 6.45) is 1.16. The van der Waals surface area contributed by atoms with Crippen molar-refractivity contribution in [2.75, 3.05) is 44.2 Å². The number of sulfonamides is 1. The van der Waals surface area contributed by atoms with Crippen LogP contribution in [0.1, 0.15) is 12.8 Å². The number of amides is 1. The molecule has 0 bridgehead atoms. The number of rotatable bonds is 4. The minimum Gasteiger partial charge on any atom is -0.367 e. The molecule has 0 saturated carbocycles. The highest BCUT2D eigenvalue weighted by molar-refractivity contribution is 7.91. The van der Waals surface area contributed by atoms with E-state index in [2.05, 4.69) is 4.90 Å². The van der Waals surface area contributed by atoms with Gasteiger partial charge < -0.3 is 9.80 Å². The molecule has 9 heteroatoms. The second kappa shape index (κ2) is 8.63. The van der Waals surface area contributed by atoms with Gasteiger partial charge >= 0.3 is 0 Å². The molecule has 1 amide bonds. The van der Waals surface area contributed by atoms with E-state index >= 15 is 0 Å². The van der Waals surface area contributed by atoms with Crippen LogP contribution in [0.2, 0.25) is 5.02 Å². The number of piperazine rings is 1. The first kappa shape index (κ1) is 20.7. The van der Waals surface area contributed by atoms with Gasteiger partial charge in [0.1, 0.15) is 4.21 Å². The van der Waals surface area contributed by atoms with Crippen LogP contribution in [-0.4, -0.2) is 62.8 Å². The van der Waals surface area contributed by atoms with Crippen LogP contribution in [0.15, 0.2) is 46.0 Å². The summed E-state index contributed by atoms with van der Waals surface area (Å²) in [6.45, 7) is 3.63. The highest BCUT2D eigenvalue weighted by atomic mass is 35.5. The SMILES string of the molecule is O=C(C1CCN(S(=O)(=O)c2cccs2)CC1)N1CCN(c2ccccc2Cl)CC1. The van der Waals surface area contributed by atoms with Crippen LogP contribution in [0.25, 0.3) is 0 Å². The van der Waals surface area contributed by atoms with E-state index < -0.39 is 10.0 Å². The summed E-state index contributed by atoms with van der Waals surface area (Å²) in [7, 11) is -3.43. The average Bonchev–Trinajstić information content (AvgIpc) is 3.30. The van der Waals surface area contributed by atoms with Gasteiger partial charge in [-0.3, -0.25) is 4.79 Å². The Morgan fingerprint density at radius 3 is 2.28 bits per heavy atom. The second-order valence-corrected chi connectivity index (χ2v) is 10.9. The first-order valence-corrected chi connectivity index (χ1v) is 12.5. The van der Waals surface area contributed by atoms with Crippen LogP contribution in [-0.2, 0) is 14.8 Å². The largest absolute Gasteiger partial charge is 0.367 e. The highest BCUT2D eigenvalue weighted by Crippen LogP contribution is 2.29. The lowest BCUT2D eigenvalue weighted by atomic mass is 9.96. The number of thiophene rings is 1. The average molecular weight is 454 g/mol. The minimum atomic E-state index is -3.43. The Kier molecular flexibility index (Phi) is 6.15. The van der Waals surface area contributed by atoms with E-state index in [1.54, 1.807) is 17.5 Å². The number of carbonyl (C=O) groups is 1. The zero-order chi connectivity index (χ0) is 20.4. The van der Waals surface area contributed by atoms with Crippen molar-refractivity contribution in [3.05, 3.63) is 46.8 Å². The second-order valence-electron chi connectivity index (χ2n) is 7.37. The predicted octanol–water partition coefficient (Wildman–Crippen LogP) is 3.15. The van der Waals surface area contributed by atoms with Gasteiger partial charge in [-0.25, -0.2) is 8.42 Å². The van der Waals surface area contributed by atoms with Crippen molar-refractivity contribution < 1.29 is 13.2 Å². The zero-order valence-corrected chi connectivity index (χ0v) is 18.4. The summed E-state index contributed by atoms with van der Waals surface area (Å²) in [6, 6.07) is 11.1. The first-order valence-electron chi connectivity index (χ1n) is 9.79. The number of hydrogen-bond acceptors (Lipinski definition) is 5. The van der Waals surface area contributed by atoms with E-state index in [0.717, 1.165) is 23.8 Å². The first-order chi connectivity index (χ1) is 14.0. The maximum absolute atomic E-state index is 13.0. The van der Waals surface area contributed by atoms with Gasteiger partial charge in [-0.1, -0.05) is 29.8 Å². The van der Waals surface area contributed by atoms with Gasteiger partial charge in [0.05, 0.1) is 10.7 Å². The summed E-state index contributed by atoms with van der Waals surface area (Å²) in [5.74, 6) is 0.0497. The minimum absolute atomic E-state index is 0.100. The molecule has 0 radical (unpaired) electrons. The molecular formula is C20H24ClN3O3S2. The van der Waals surface area contributed by atoms with Gasteiger partial charge in [-0.15, -0.1) is 11.3 Å². The van der Waals surface area contributed by atoms with E-state index in [4.69, 9.17) is 11.6 Å². The lowest BCUT2D eigenvalue weighted by Crippen LogP contribution is -2.52. The number of piperidine rings is 1. The summed E-state index contributed by atoms with van der Waals surface area (Å²) in [4.78, 5) is 17.1. The summed E-state index contributed by atoms with van der Waals surface area (Å²) in [5, 5.41) is 2.50. The van der Waals surface area contributed by atoms with Crippen molar-refractivity contribution in [3.8, 4) is 0 Å². The van der Waals surface area contributed by atoms with E-state index in [-0.39, 0.29) is 11.8 Å². The topological polar surface area (TPSA) is 60.9 Å². The fraction of sp³-hybridized carbons (Fsp3) is 0.450. The smallest absolute Gasteiger partial charge is 0.252 e. The van der Waals surface area contributed by atoms with Crippen LogP contribution in [0.4, 0.5) is 5.69 Å². The third kappa shape index (κ3) is 4.30. The molecule has 0 unspecified atom stereocenters. The fourth-order valence-electron chi connectivity index (χ4n) is 4.01. The molecule has 156 valence electrons. The Bertz CT molecular complexity index is 949. The molecule has 2 aromatic rings. The van der Waals surface area contributed by atoms with Crippen LogP contribution < -0.4 is 4.90 Å². The van der Waals surface area contributed by atoms with Crippen molar-refractivity contribution in [1.29, 1.82) is 0 Å². The molecule has 1 aromatic carbocycles. The van der Waals surface area contributed by atoms with Gasteiger partial charge in [-0.2, -0.15) is 4.31 Å². The number of halogens is 1. The monoisotopic (exact) mass is 453 g/mol. The molecule has 4 rings (SSSR count). The van der Waals surface area contributed by atoms with Crippen LogP contribution in [0.3, 0.4) is 0 Å². The molecule has 3 heterocycles. The Balaban J connectivity index is 1.31. The predicted molar refractivity (Wildman–Crippen MR) is 116 cm³/mol. The van der Waals surface area contributed by atoms with Crippen molar-refractivity contribution in [2.45, 2.75) is 17.1 Å². The van der Waals surface area contributed by atoms with E-state index in [0.29, 0.717) is 43.2 Å². The molecule has 0 spiro atoms. The fourth-order valence-corrected chi connectivity index (χ4v) is 6.88. The quantitative estimate of drug-likeness (QED) is 0.713. The molecule has 2 aliphatic heterocycles. The van der Waals surface area contributed by atoms with Gasteiger partial charge in [0.15, 0.2) is 0 Å². The Labute approximate surface area is 180 Å².